The Kier molecular flexibility index (Phi) is 3.44. The Hall–Kier alpha value is -2.29. The number of ether oxygens (including phenoxy) is 2. The molecule has 2 atom stereocenters. The Morgan fingerprint density at radius 2 is 2.23 bits per heavy atom. The maximum Gasteiger partial charge on any atom is 0.352 e. The van der Waals surface area contributed by atoms with E-state index < -0.39 is 23.8 Å². The number of carbonyl (C=O) groups is 2. The number of carboxylic acid groups (broad SMARTS) is 1. The molecule has 1 fully saturated rings. The molecule has 0 unspecified atom stereocenters. The lowest BCUT2D eigenvalue weighted by Crippen LogP contribution is -2.81. The van der Waals surface area contributed by atoms with Gasteiger partial charge in [0.05, 0.1) is 12.2 Å². The number of methoxy groups -OCH3 is 1. The molecule has 0 saturated carbocycles. The van der Waals surface area contributed by atoms with Gasteiger partial charge in [0.2, 0.25) is 5.72 Å². The molecular weight excluding hydrogens is 290 g/mol. The molecule has 1 saturated heterocycles. The van der Waals surface area contributed by atoms with Crippen LogP contribution in [0.4, 0.5) is 0 Å². The Balaban J connectivity index is 1.95. The van der Waals surface area contributed by atoms with Crippen molar-refractivity contribution in [1.82, 2.24) is 4.90 Å². The smallest absolute Gasteiger partial charge is 0.352 e. The highest BCUT2D eigenvalue weighted by molar-refractivity contribution is 6.01. The fraction of sp³-hybridized carbons (Fsp3) is 0.357. The second-order valence-corrected chi connectivity index (χ2v) is 5.14. The lowest BCUT2D eigenvalue weighted by Gasteiger charge is -2.53. The molecule has 1 aromatic heterocycles. The van der Waals surface area contributed by atoms with Gasteiger partial charge < -0.3 is 14.6 Å². The van der Waals surface area contributed by atoms with Crippen LogP contribution in [0.25, 0.3) is 0 Å². The van der Waals surface area contributed by atoms with Gasteiger partial charge in [0, 0.05) is 19.2 Å². The van der Waals surface area contributed by atoms with Gasteiger partial charge in [-0.3, -0.25) is 15.4 Å². The molecule has 3 N–H and O–H groups in total. The van der Waals surface area contributed by atoms with E-state index in [1.165, 1.54) is 7.11 Å². The lowest BCUT2D eigenvalue weighted by atomic mass is 9.95. The van der Waals surface area contributed by atoms with E-state index in [4.69, 9.17) is 15.2 Å². The molecule has 0 radical (unpaired) electrons. The molecule has 2 aliphatic rings. The van der Waals surface area contributed by atoms with E-state index in [1.54, 1.807) is 17.0 Å². The van der Waals surface area contributed by atoms with Gasteiger partial charge in [-0.15, -0.1) is 0 Å². The average Bonchev–Trinajstić information content (AvgIpc) is 2.53. The number of aromatic nitrogens is 1. The van der Waals surface area contributed by atoms with Crippen molar-refractivity contribution in [1.29, 1.82) is 0 Å². The van der Waals surface area contributed by atoms with Crippen LogP contribution >= 0.6 is 0 Å². The first-order valence-corrected chi connectivity index (χ1v) is 6.67. The van der Waals surface area contributed by atoms with Crippen LogP contribution in [-0.2, 0) is 25.6 Å². The van der Waals surface area contributed by atoms with Crippen molar-refractivity contribution in [2.24, 2.45) is 5.73 Å². The van der Waals surface area contributed by atoms with Crippen LogP contribution in [0.3, 0.4) is 0 Å². The van der Waals surface area contributed by atoms with E-state index in [2.05, 4.69) is 0 Å². The first kappa shape index (κ1) is 14.6. The summed E-state index contributed by atoms with van der Waals surface area (Å²) in [7, 11) is 1.29. The first-order valence-electron chi connectivity index (χ1n) is 6.67. The third kappa shape index (κ3) is 2.00. The summed E-state index contributed by atoms with van der Waals surface area (Å²) in [6.45, 7) is 0.379. The van der Waals surface area contributed by atoms with Crippen LogP contribution in [0.15, 0.2) is 41.9 Å². The van der Waals surface area contributed by atoms with Crippen molar-refractivity contribution in [3.05, 3.63) is 41.9 Å². The maximum absolute atomic E-state index is 12.2. The number of hydrogen-bond acceptors (Lipinski definition) is 5. The molecule has 1 amide bonds. The van der Waals surface area contributed by atoms with Gasteiger partial charge in [-0.25, -0.2) is 9.36 Å². The van der Waals surface area contributed by atoms with E-state index in [0.29, 0.717) is 12.1 Å². The third-order valence-electron chi connectivity index (χ3n) is 3.84. The number of nitrogens with zero attached hydrogens (tertiary/aromatic N) is 2. The predicted molar refractivity (Wildman–Crippen MR) is 71.8 cm³/mol. The summed E-state index contributed by atoms with van der Waals surface area (Å²) in [5, 5.41) is 9.47. The maximum atomic E-state index is 12.2. The molecule has 3 rings (SSSR count). The van der Waals surface area contributed by atoms with Crippen molar-refractivity contribution in [2.75, 3.05) is 13.7 Å². The summed E-state index contributed by atoms with van der Waals surface area (Å²) in [6.07, 6.45) is 2.69. The molecule has 0 aliphatic carbocycles. The Labute approximate surface area is 126 Å². The van der Waals surface area contributed by atoms with E-state index in [1.807, 2.05) is 18.2 Å². The molecule has 2 aliphatic heterocycles. The minimum Gasteiger partial charge on any atom is -0.477 e. The number of rotatable bonds is 4. The van der Waals surface area contributed by atoms with Gasteiger partial charge >= 0.3 is 5.97 Å². The van der Waals surface area contributed by atoms with Crippen LogP contribution in [0, 0.1) is 0 Å². The summed E-state index contributed by atoms with van der Waals surface area (Å²) in [6, 6.07) is 5.52. The van der Waals surface area contributed by atoms with Crippen LogP contribution in [0.1, 0.15) is 0 Å². The minimum absolute atomic E-state index is 0.0697. The van der Waals surface area contributed by atoms with Crippen LogP contribution in [0.2, 0.25) is 0 Å². The molecule has 8 heteroatoms. The number of carbonyl (C=O) groups excluding carboxylic acids is 1. The van der Waals surface area contributed by atoms with E-state index in [9.17, 15) is 14.7 Å². The third-order valence-corrected chi connectivity index (χ3v) is 3.84. The quantitative estimate of drug-likeness (QED) is 0.412. The highest BCUT2D eigenvalue weighted by atomic mass is 16.6. The molecule has 1 aromatic rings. The topological polar surface area (TPSA) is 106 Å². The van der Waals surface area contributed by atoms with Crippen LogP contribution in [-0.4, -0.2) is 47.6 Å². The van der Waals surface area contributed by atoms with Gasteiger partial charge in [-0.1, -0.05) is 6.07 Å². The fourth-order valence-electron chi connectivity index (χ4n) is 2.68. The van der Waals surface area contributed by atoms with Gasteiger partial charge in [0.15, 0.2) is 25.2 Å². The van der Waals surface area contributed by atoms with Crippen molar-refractivity contribution in [3.63, 3.8) is 0 Å². The summed E-state index contributed by atoms with van der Waals surface area (Å²) in [5.41, 5.74) is 4.59. The first-order chi connectivity index (χ1) is 10.5. The lowest BCUT2D eigenvalue weighted by molar-refractivity contribution is -0.689. The number of amides is 1. The van der Waals surface area contributed by atoms with Gasteiger partial charge in [0.1, 0.15) is 5.70 Å². The number of hydrogen-bond donors (Lipinski definition) is 2. The molecule has 0 bridgehead atoms. The molecule has 0 aromatic carbocycles. The predicted octanol–water partition coefficient (Wildman–Crippen LogP) is -1.19. The number of β-lactam (4-membered cyclic amide) rings is 1. The zero-order valence-corrected chi connectivity index (χ0v) is 11.9. The van der Waals surface area contributed by atoms with E-state index >= 15 is 0 Å². The summed E-state index contributed by atoms with van der Waals surface area (Å²) in [5.74, 6) is -1.81. The summed E-state index contributed by atoms with van der Waals surface area (Å²) in [4.78, 5) is 24.8. The molecule has 116 valence electrons. The number of pyridine rings is 1. The highest BCUT2D eigenvalue weighted by Gasteiger charge is 2.64. The van der Waals surface area contributed by atoms with Gasteiger partial charge in [-0.05, 0) is 0 Å². The Bertz CT molecular complexity index is 660. The number of carboxylic acids is 1. The second kappa shape index (κ2) is 5.16. The van der Waals surface area contributed by atoms with Crippen LogP contribution < -0.4 is 10.3 Å². The SMILES string of the molecule is CO[C@]1(N)C(=O)N2C(C(=O)O)=C(C[n+]3ccccc3)CO[C@@H]21. The number of nitrogens with two attached hydrogens (primary N) is 1. The van der Waals surface area contributed by atoms with E-state index in [-0.39, 0.29) is 12.3 Å². The van der Waals surface area contributed by atoms with Crippen molar-refractivity contribution in [2.45, 2.75) is 18.5 Å². The average molecular weight is 306 g/mol. The molecule has 8 nitrogen and oxygen atoms in total. The van der Waals surface area contributed by atoms with Gasteiger partial charge in [0.25, 0.3) is 5.91 Å². The highest BCUT2D eigenvalue weighted by Crippen LogP contribution is 2.38. The molecule has 3 heterocycles. The Morgan fingerprint density at radius 3 is 2.82 bits per heavy atom. The Morgan fingerprint density at radius 1 is 1.55 bits per heavy atom. The standard InChI is InChI=1S/C14H15N3O5/c1-21-14(15)12(20)17-10(11(18)19)9(8-22-13(14)17)7-16-5-3-2-4-6-16/h2-6,13H,7-8,15H2,1H3/p+1/t13-,14-/m1/s1. The summed E-state index contributed by atoms with van der Waals surface area (Å²) < 4.78 is 12.3. The zero-order chi connectivity index (χ0) is 15.9. The largest absolute Gasteiger partial charge is 0.477 e. The van der Waals surface area contributed by atoms with Crippen molar-refractivity contribution in [3.8, 4) is 0 Å². The second-order valence-electron chi connectivity index (χ2n) is 5.14. The minimum atomic E-state index is -1.62. The van der Waals surface area contributed by atoms with Gasteiger partial charge in [-0.2, -0.15) is 0 Å². The normalized spacial score (nSPS) is 27.5. The zero-order valence-electron chi connectivity index (χ0n) is 11.9. The number of aliphatic carboxylic acids is 1. The molecular formula is C14H16N3O5+. The fourth-order valence-corrected chi connectivity index (χ4v) is 2.68. The van der Waals surface area contributed by atoms with Crippen LogP contribution in [0.5, 0.6) is 0 Å². The molecule has 0 spiro atoms. The summed E-state index contributed by atoms with van der Waals surface area (Å²) >= 11 is 0. The van der Waals surface area contributed by atoms with Crippen molar-refractivity contribution < 1.29 is 28.7 Å². The molecule has 22 heavy (non-hydrogen) atoms. The van der Waals surface area contributed by atoms with E-state index in [0.717, 1.165) is 4.90 Å². The number of fused-ring (bicyclic) bond motifs is 1. The monoisotopic (exact) mass is 306 g/mol. The van der Waals surface area contributed by atoms with Crippen molar-refractivity contribution >= 4 is 11.9 Å².